The summed E-state index contributed by atoms with van der Waals surface area (Å²) in [6.07, 6.45) is 6.98. The number of rotatable bonds is 6. The number of hydrogen-bond acceptors (Lipinski definition) is 2. The molecule has 84 valence electrons. The lowest BCUT2D eigenvalue weighted by Crippen LogP contribution is -2.34. The van der Waals surface area contributed by atoms with Crippen LogP contribution in [0.4, 0.5) is 0 Å². The fraction of sp³-hybridized carbons (Fsp3) is 1.00. The Labute approximate surface area is 93.4 Å². The van der Waals surface area contributed by atoms with Crippen molar-refractivity contribution in [3.8, 4) is 0 Å². The summed E-state index contributed by atoms with van der Waals surface area (Å²) in [5.74, 6) is 3.59. The van der Waals surface area contributed by atoms with Gasteiger partial charge in [0.2, 0.25) is 0 Å². The van der Waals surface area contributed by atoms with Crippen molar-refractivity contribution in [3.05, 3.63) is 0 Å². The summed E-state index contributed by atoms with van der Waals surface area (Å²) in [7, 11) is 0. The van der Waals surface area contributed by atoms with Crippen LogP contribution in [0.2, 0.25) is 0 Å². The first kappa shape index (κ1) is 12.4. The van der Waals surface area contributed by atoms with Crippen molar-refractivity contribution in [2.75, 3.05) is 18.1 Å². The van der Waals surface area contributed by atoms with Gasteiger partial charge in [-0.05, 0) is 43.8 Å². The minimum atomic E-state index is 0.827. The molecule has 0 amide bonds. The van der Waals surface area contributed by atoms with Gasteiger partial charge in [0, 0.05) is 18.3 Å². The third kappa shape index (κ3) is 5.26. The Bertz CT molecular complexity index is 130. The fourth-order valence-electron chi connectivity index (χ4n) is 2.05. The molecule has 1 aliphatic carbocycles. The third-order valence-electron chi connectivity index (χ3n) is 3.04. The molecule has 1 rings (SSSR count). The van der Waals surface area contributed by atoms with Gasteiger partial charge in [0.1, 0.15) is 0 Å². The summed E-state index contributed by atoms with van der Waals surface area (Å²) in [5, 5.41) is 3.68. The third-order valence-corrected chi connectivity index (χ3v) is 4.23. The van der Waals surface area contributed by atoms with Crippen molar-refractivity contribution >= 4 is 11.8 Å². The van der Waals surface area contributed by atoms with Crippen molar-refractivity contribution < 1.29 is 0 Å². The number of nitrogens with one attached hydrogen (secondary N) is 1. The van der Waals surface area contributed by atoms with Crippen molar-refractivity contribution in [1.29, 1.82) is 0 Å². The minimum Gasteiger partial charge on any atom is -0.313 e. The molecule has 2 heteroatoms. The maximum atomic E-state index is 3.68. The average Bonchev–Trinajstić information content (AvgIpc) is 2.21. The molecule has 1 aliphatic rings. The predicted molar refractivity (Wildman–Crippen MR) is 67.0 cm³/mol. The van der Waals surface area contributed by atoms with Crippen LogP contribution in [0, 0.1) is 5.92 Å². The standard InChI is InChI=1S/C12H25NS/c1-3-9-14-10-8-13-12-6-4-11(2)5-7-12/h11-13H,3-10H2,1-2H3. The van der Waals surface area contributed by atoms with E-state index in [0.717, 1.165) is 12.0 Å². The van der Waals surface area contributed by atoms with Gasteiger partial charge in [0.15, 0.2) is 0 Å². The highest BCUT2D eigenvalue weighted by Gasteiger charge is 2.16. The van der Waals surface area contributed by atoms with E-state index < -0.39 is 0 Å². The number of thioether (sulfide) groups is 1. The summed E-state index contributed by atoms with van der Waals surface area (Å²) in [4.78, 5) is 0. The van der Waals surface area contributed by atoms with Crippen LogP contribution in [0.5, 0.6) is 0 Å². The molecule has 14 heavy (non-hydrogen) atoms. The van der Waals surface area contributed by atoms with Gasteiger partial charge in [-0.1, -0.05) is 13.8 Å². The second-order valence-corrected chi connectivity index (χ2v) is 5.75. The lowest BCUT2D eigenvalue weighted by Gasteiger charge is -2.26. The Morgan fingerprint density at radius 2 is 1.86 bits per heavy atom. The highest BCUT2D eigenvalue weighted by Crippen LogP contribution is 2.23. The van der Waals surface area contributed by atoms with Crippen LogP contribution in [-0.4, -0.2) is 24.1 Å². The molecule has 0 unspecified atom stereocenters. The van der Waals surface area contributed by atoms with Crippen molar-refractivity contribution in [1.82, 2.24) is 5.32 Å². The van der Waals surface area contributed by atoms with Gasteiger partial charge in [-0.2, -0.15) is 11.8 Å². The normalized spacial score (nSPS) is 27.9. The molecule has 0 heterocycles. The quantitative estimate of drug-likeness (QED) is 0.682. The Balaban J connectivity index is 1.91. The SMILES string of the molecule is CCCSCCNC1CCC(C)CC1. The first-order valence-corrected chi connectivity index (χ1v) is 7.29. The molecule has 0 saturated heterocycles. The van der Waals surface area contributed by atoms with Gasteiger partial charge >= 0.3 is 0 Å². The topological polar surface area (TPSA) is 12.0 Å². The first-order valence-electron chi connectivity index (χ1n) is 6.14. The second-order valence-electron chi connectivity index (χ2n) is 4.52. The molecule has 1 N–H and O–H groups in total. The van der Waals surface area contributed by atoms with Gasteiger partial charge in [-0.25, -0.2) is 0 Å². The van der Waals surface area contributed by atoms with Crippen molar-refractivity contribution in [2.24, 2.45) is 5.92 Å². The van der Waals surface area contributed by atoms with Crippen molar-refractivity contribution in [3.63, 3.8) is 0 Å². The molecule has 0 aromatic rings. The molecule has 0 bridgehead atoms. The minimum absolute atomic E-state index is 0.827. The average molecular weight is 215 g/mol. The van der Waals surface area contributed by atoms with Gasteiger partial charge in [-0.3, -0.25) is 0 Å². The maximum Gasteiger partial charge on any atom is 0.00675 e. The lowest BCUT2D eigenvalue weighted by molar-refractivity contribution is 0.312. The number of hydrogen-bond donors (Lipinski definition) is 1. The molecule has 0 radical (unpaired) electrons. The Morgan fingerprint density at radius 3 is 2.50 bits per heavy atom. The molecular weight excluding hydrogens is 190 g/mol. The van der Waals surface area contributed by atoms with Crippen LogP contribution >= 0.6 is 11.8 Å². The summed E-state index contributed by atoms with van der Waals surface area (Å²) in [6.45, 7) is 5.85. The zero-order chi connectivity index (χ0) is 10.2. The molecule has 0 atom stereocenters. The van der Waals surface area contributed by atoms with Crippen LogP contribution in [0.3, 0.4) is 0 Å². The Kier molecular flexibility index (Phi) is 6.70. The van der Waals surface area contributed by atoms with E-state index in [0.29, 0.717) is 0 Å². The van der Waals surface area contributed by atoms with E-state index in [1.165, 1.54) is 50.2 Å². The molecule has 1 nitrogen and oxygen atoms in total. The summed E-state index contributed by atoms with van der Waals surface area (Å²) >= 11 is 2.08. The van der Waals surface area contributed by atoms with E-state index in [-0.39, 0.29) is 0 Å². The summed E-state index contributed by atoms with van der Waals surface area (Å²) < 4.78 is 0. The fourth-order valence-corrected chi connectivity index (χ4v) is 2.80. The molecule has 1 saturated carbocycles. The van der Waals surface area contributed by atoms with E-state index in [2.05, 4.69) is 30.9 Å². The Morgan fingerprint density at radius 1 is 1.14 bits per heavy atom. The van der Waals surface area contributed by atoms with Crippen molar-refractivity contribution in [2.45, 2.75) is 52.0 Å². The molecule has 1 fully saturated rings. The van der Waals surface area contributed by atoms with Crippen LogP contribution < -0.4 is 5.32 Å². The Hall–Kier alpha value is 0.310. The van der Waals surface area contributed by atoms with E-state index in [1.807, 2.05) is 0 Å². The largest absolute Gasteiger partial charge is 0.313 e. The molecule has 0 spiro atoms. The molecule has 0 aromatic carbocycles. The van der Waals surface area contributed by atoms with Crippen LogP contribution in [-0.2, 0) is 0 Å². The molecule has 0 aliphatic heterocycles. The summed E-state index contributed by atoms with van der Waals surface area (Å²) in [5.41, 5.74) is 0. The zero-order valence-corrected chi connectivity index (χ0v) is 10.5. The van der Waals surface area contributed by atoms with Crippen LogP contribution in [0.1, 0.15) is 46.0 Å². The smallest absolute Gasteiger partial charge is 0.00675 e. The second kappa shape index (κ2) is 7.58. The van der Waals surface area contributed by atoms with Gasteiger partial charge < -0.3 is 5.32 Å². The van der Waals surface area contributed by atoms with E-state index in [1.54, 1.807) is 0 Å². The van der Waals surface area contributed by atoms with Gasteiger partial charge in [-0.15, -0.1) is 0 Å². The van der Waals surface area contributed by atoms with E-state index in [4.69, 9.17) is 0 Å². The first-order chi connectivity index (χ1) is 6.83. The van der Waals surface area contributed by atoms with Crippen LogP contribution in [0.15, 0.2) is 0 Å². The predicted octanol–water partition coefficient (Wildman–Crippen LogP) is 3.30. The van der Waals surface area contributed by atoms with E-state index in [9.17, 15) is 0 Å². The highest BCUT2D eigenvalue weighted by molar-refractivity contribution is 7.99. The maximum absolute atomic E-state index is 3.68. The summed E-state index contributed by atoms with van der Waals surface area (Å²) in [6, 6.07) is 0.827. The monoisotopic (exact) mass is 215 g/mol. The zero-order valence-electron chi connectivity index (χ0n) is 9.72. The van der Waals surface area contributed by atoms with Gasteiger partial charge in [0.25, 0.3) is 0 Å². The van der Waals surface area contributed by atoms with Gasteiger partial charge in [0.05, 0.1) is 0 Å². The van der Waals surface area contributed by atoms with Crippen LogP contribution in [0.25, 0.3) is 0 Å². The molecular formula is C12H25NS. The highest BCUT2D eigenvalue weighted by atomic mass is 32.2. The van der Waals surface area contributed by atoms with E-state index >= 15 is 0 Å². The molecule has 0 aromatic heterocycles. The lowest BCUT2D eigenvalue weighted by atomic mass is 9.87.